The molecule has 6 rings (SSSR count). The van der Waals surface area contributed by atoms with E-state index in [2.05, 4.69) is 10.2 Å². The summed E-state index contributed by atoms with van der Waals surface area (Å²) in [5, 5.41) is 17.6. The maximum absolute atomic E-state index is 15.3. The van der Waals surface area contributed by atoms with Gasteiger partial charge in [0, 0.05) is 43.8 Å². The van der Waals surface area contributed by atoms with Crippen LogP contribution in [0.1, 0.15) is 56.8 Å². The summed E-state index contributed by atoms with van der Waals surface area (Å²) in [4.78, 5) is 40.6. The molecular formula is C31H26ClF4N5O4. The van der Waals surface area contributed by atoms with E-state index in [1.165, 1.54) is 46.1 Å². The molecule has 1 amide bonds. The Bertz CT molecular complexity index is 1880. The summed E-state index contributed by atoms with van der Waals surface area (Å²) in [6.07, 6.45) is -1.38. The minimum Gasteiger partial charge on any atom is -0.478 e. The van der Waals surface area contributed by atoms with E-state index in [-0.39, 0.29) is 70.3 Å². The number of carboxylic acids is 1. The molecule has 0 radical (unpaired) electrons. The van der Waals surface area contributed by atoms with Gasteiger partial charge in [0.1, 0.15) is 5.82 Å². The largest absolute Gasteiger partial charge is 0.478 e. The number of hydrogen-bond donors (Lipinski definition) is 1. The topological polar surface area (TPSA) is 110 Å². The first-order valence-corrected chi connectivity index (χ1v) is 14.4. The molecule has 45 heavy (non-hydrogen) atoms. The van der Waals surface area contributed by atoms with Crippen molar-refractivity contribution in [3.8, 4) is 11.3 Å². The third-order valence-corrected chi connectivity index (χ3v) is 9.04. The average molecular weight is 644 g/mol. The van der Waals surface area contributed by atoms with Crippen LogP contribution < -0.4 is 4.90 Å². The van der Waals surface area contributed by atoms with Crippen LogP contribution in [0, 0.1) is 11.7 Å². The van der Waals surface area contributed by atoms with Gasteiger partial charge in [0.25, 0.3) is 5.91 Å². The van der Waals surface area contributed by atoms with Crippen molar-refractivity contribution in [2.75, 3.05) is 11.9 Å². The number of aromatic carboxylic acids is 1. The molecule has 234 valence electrons. The highest BCUT2D eigenvalue weighted by molar-refractivity contribution is 6.34. The molecule has 0 spiro atoms. The molecule has 1 atom stereocenters. The van der Waals surface area contributed by atoms with Crippen LogP contribution in [0.25, 0.3) is 11.3 Å². The number of anilines is 1. The number of benzene rings is 2. The number of amides is 1. The van der Waals surface area contributed by atoms with Crippen LogP contribution in [0.15, 0.2) is 48.8 Å². The van der Waals surface area contributed by atoms with Crippen molar-refractivity contribution in [2.24, 2.45) is 13.0 Å². The molecule has 1 unspecified atom stereocenters. The van der Waals surface area contributed by atoms with Gasteiger partial charge in [0.15, 0.2) is 0 Å². The van der Waals surface area contributed by atoms with Crippen LogP contribution in [0.3, 0.4) is 0 Å². The van der Waals surface area contributed by atoms with Crippen LogP contribution in [-0.2, 0) is 30.1 Å². The Labute approximate surface area is 259 Å². The molecular weight excluding hydrogens is 618 g/mol. The highest BCUT2D eigenvalue weighted by atomic mass is 35.5. The normalized spacial score (nSPS) is 17.1. The second-order valence-corrected chi connectivity index (χ2v) is 11.8. The number of carboxylic acid groups (broad SMARTS) is 1. The lowest BCUT2D eigenvalue weighted by Gasteiger charge is -2.27. The number of alkyl halides is 3. The number of hydrogen-bond acceptors (Lipinski definition) is 5. The first-order valence-electron chi connectivity index (χ1n) is 14.0. The molecule has 1 saturated carbocycles. The summed E-state index contributed by atoms with van der Waals surface area (Å²) in [5.74, 6) is -4.11. The van der Waals surface area contributed by atoms with Crippen LogP contribution in [0.4, 0.5) is 23.2 Å². The van der Waals surface area contributed by atoms with Gasteiger partial charge in [-0.25, -0.2) is 9.18 Å². The second-order valence-electron chi connectivity index (χ2n) is 11.4. The molecule has 9 nitrogen and oxygen atoms in total. The van der Waals surface area contributed by atoms with Crippen molar-refractivity contribution in [2.45, 2.75) is 43.7 Å². The molecule has 2 heterocycles. The zero-order valence-corrected chi connectivity index (χ0v) is 24.8. The molecule has 2 aromatic heterocycles. The van der Waals surface area contributed by atoms with E-state index in [4.69, 9.17) is 11.6 Å². The average Bonchev–Trinajstić information content (AvgIpc) is 3.59. The van der Waals surface area contributed by atoms with Crippen LogP contribution >= 0.6 is 11.6 Å². The van der Waals surface area contributed by atoms with E-state index in [1.807, 2.05) is 0 Å². The number of nitrogens with zero attached hydrogens (tertiary/aromatic N) is 5. The van der Waals surface area contributed by atoms with Crippen molar-refractivity contribution in [3.63, 3.8) is 0 Å². The minimum absolute atomic E-state index is 0.0173. The Kier molecular flexibility index (Phi) is 7.34. The Hall–Kier alpha value is -4.52. The lowest BCUT2D eigenvalue weighted by atomic mass is 9.84. The SMILES string of the molecule is CN(C(=O)C1CCc2c(-c3ccc(C(=O)O)cc3F)nn(C(=O)c3c(Cl)cccc3C3(C(F)(F)F)CC3)c2C1)c1cnn(C)c1. The molecule has 0 saturated heterocycles. The van der Waals surface area contributed by atoms with E-state index >= 15 is 4.39 Å². The summed E-state index contributed by atoms with van der Waals surface area (Å²) >= 11 is 6.41. The number of carbonyl (C=O) groups excluding carboxylic acids is 2. The molecule has 14 heteroatoms. The second kappa shape index (κ2) is 10.8. The number of aromatic nitrogens is 4. The van der Waals surface area contributed by atoms with Gasteiger partial charge in [-0.3, -0.25) is 14.3 Å². The maximum atomic E-state index is 15.3. The maximum Gasteiger partial charge on any atom is 0.398 e. The fourth-order valence-electron chi connectivity index (χ4n) is 6.11. The van der Waals surface area contributed by atoms with Gasteiger partial charge in [-0.1, -0.05) is 23.7 Å². The standard InChI is InChI=1S/C31H26ClF4N5O4/c1-39-15-18(14-37-39)40(2)27(42)16-6-9-20-24(13-16)41(38-26(20)19-8-7-17(29(44)45)12-23(19)33)28(43)25-21(4-3-5-22(25)32)30(10-11-30)31(34,35)36/h3-5,7-8,12,14-16H,6,9-11,13H2,1-2H3,(H,44,45). The van der Waals surface area contributed by atoms with E-state index in [1.54, 1.807) is 20.3 Å². The van der Waals surface area contributed by atoms with Gasteiger partial charge >= 0.3 is 12.1 Å². The Morgan fingerprint density at radius 1 is 1.16 bits per heavy atom. The fourth-order valence-corrected chi connectivity index (χ4v) is 6.36. The quantitative estimate of drug-likeness (QED) is 0.265. The van der Waals surface area contributed by atoms with E-state index in [9.17, 15) is 32.7 Å². The van der Waals surface area contributed by atoms with Crippen molar-refractivity contribution in [1.82, 2.24) is 19.6 Å². The van der Waals surface area contributed by atoms with Crippen molar-refractivity contribution >= 4 is 35.1 Å². The third kappa shape index (κ3) is 5.08. The van der Waals surface area contributed by atoms with Gasteiger partial charge in [-0.15, -0.1) is 0 Å². The lowest BCUT2D eigenvalue weighted by molar-refractivity contribution is -0.160. The predicted octanol–water partition coefficient (Wildman–Crippen LogP) is 5.82. The number of carbonyl (C=O) groups is 3. The van der Waals surface area contributed by atoms with Crippen LogP contribution in [0.2, 0.25) is 5.02 Å². The zero-order valence-electron chi connectivity index (χ0n) is 24.0. The van der Waals surface area contributed by atoms with Gasteiger partial charge in [-0.2, -0.15) is 28.1 Å². The molecule has 1 N–H and O–H groups in total. The minimum atomic E-state index is -4.63. The fraction of sp³-hybridized carbons (Fsp3) is 0.323. The first-order chi connectivity index (χ1) is 21.2. The lowest BCUT2D eigenvalue weighted by Crippen LogP contribution is -2.36. The molecule has 2 aliphatic carbocycles. The number of aryl methyl sites for hydroxylation is 1. The Morgan fingerprint density at radius 3 is 2.49 bits per heavy atom. The van der Waals surface area contributed by atoms with E-state index in [0.717, 1.165) is 10.7 Å². The molecule has 2 aromatic carbocycles. The third-order valence-electron chi connectivity index (χ3n) is 8.73. The van der Waals surface area contributed by atoms with Gasteiger partial charge in [-0.05, 0) is 55.5 Å². The summed E-state index contributed by atoms with van der Waals surface area (Å²) in [6, 6.07) is 7.16. The van der Waals surface area contributed by atoms with Crippen LogP contribution in [0.5, 0.6) is 0 Å². The molecule has 4 aromatic rings. The highest BCUT2D eigenvalue weighted by Gasteiger charge is 2.65. The van der Waals surface area contributed by atoms with Gasteiger partial charge < -0.3 is 10.0 Å². The summed E-state index contributed by atoms with van der Waals surface area (Å²) in [7, 11) is 3.29. The number of fused-ring (bicyclic) bond motifs is 1. The highest BCUT2D eigenvalue weighted by Crippen LogP contribution is 2.60. The molecule has 2 aliphatic rings. The summed E-state index contributed by atoms with van der Waals surface area (Å²) < 4.78 is 60.5. The molecule has 0 bridgehead atoms. The Morgan fingerprint density at radius 2 is 1.89 bits per heavy atom. The number of halogens is 5. The zero-order chi connectivity index (χ0) is 32.4. The van der Waals surface area contributed by atoms with E-state index in [0.29, 0.717) is 17.7 Å². The molecule has 0 aliphatic heterocycles. The predicted molar refractivity (Wildman–Crippen MR) is 155 cm³/mol. The van der Waals surface area contributed by atoms with Crippen molar-refractivity contribution < 1.29 is 37.1 Å². The van der Waals surface area contributed by atoms with Crippen molar-refractivity contribution in [3.05, 3.63) is 87.6 Å². The molecule has 1 fully saturated rings. The van der Waals surface area contributed by atoms with Gasteiger partial charge in [0.05, 0.1) is 44.8 Å². The number of rotatable bonds is 6. The smallest absolute Gasteiger partial charge is 0.398 e. The van der Waals surface area contributed by atoms with E-state index < -0.39 is 35.2 Å². The van der Waals surface area contributed by atoms with Gasteiger partial charge in [0.2, 0.25) is 5.91 Å². The van der Waals surface area contributed by atoms with Crippen molar-refractivity contribution in [1.29, 1.82) is 0 Å². The first kappa shape index (κ1) is 30.5. The Balaban J connectivity index is 1.48. The van der Waals surface area contributed by atoms with Crippen LogP contribution in [-0.4, -0.2) is 55.7 Å². The summed E-state index contributed by atoms with van der Waals surface area (Å²) in [6.45, 7) is 0. The monoisotopic (exact) mass is 643 g/mol. The summed E-state index contributed by atoms with van der Waals surface area (Å²) in [5.41, 5.74) is -2.01.